The van der Waals surface area contributed by atoms with Gasteiger partial charge in [-0.15, -0.1) is 21.5 Å². The van der Waals surface area contributed by atoms with Gasteiger partial charge in [0.05, 0.1) is 23.4 Å². The van der Waals surface area contributed by atoms with Gasteiger partial charge in [0.1, 0.15) is 0 Å². The van der Waals surface area contributed by atoms with E-state index in [4.69, 9.17) is 10.5 Å². The zero-order chi connectivity index (χ0) is 33.9. The Balaban J connectivity index is 1.30. The quantitative estimate of drug-likeness (QED) is 0.0685. The first-order valence-corrected chi connectivity index (χ1v) is 17.2. The van der Waals surface area contributed by atoms with Crippen molar-refractivity contribution in [2.75, 3.05) is 43.5 Å². The number of benzene rings is 2. The van der Waals surface area contributed by atoms with E-state index in [-0.39, 0.29) is 18.1 Å². The molecular formula is C34H37FN8O3S2. The fourth-order valence-electron chi connectivity index (χ4n) is 4.79. The molecule has 11 nitrogen and oxygen atoms in total. The summed E-state index contributed by atoms with van der Waals surface area (Å²) in [5, 5.41) is 26.4. The number of carboxylic acids is 1. The van der Waals surface area contributed by atoms with Crippen LogP contribution in [-0.2, 0) is 6.42 Å². The summed E-state index contributed by atoms with van der Waals surface area (Å²) < 4.78 is 21.3. The van der Waals surface area contributed by atoms with Crippen molar-refractivity contribution in [1.29, 1.82) is 0 Å². The Hall–Kier alpha value is -4.68. The van der Waals surface area contributed by atoms with E-state index in [1.807, 2.05) is 42.2 Å². The summed E-state index contributed by atoms with van der Waals surface area (Å²) in [5.74, 6) is 5.43. The average molecular weight is 689 g/mol. The molecule has 0 fully saturated rings. The zero-order valence-corrected chi connectivity index (χ0v) is 28.4. The van der Waals surface area contributed by atoms with E-state index in [2.05, 4.69) is 42.6 Å². The molecule has 5 rings (SSSR count). The van der Waals surface area contributed by atoms with Crippen LogP contribution in [-0.4, -0.2) is 64.5 Å². The van der Waals surface area contributed by atoms with Crippen LogP contribution in [0.1, 0.15) is 52.2 Å². The lowest BCUT2D eigenvalue weighted by atomic mass is 10.2. The number of nitrogens with two attached hydrogens (primary N) is 1. The van der Waals surface area contributed by atoms with Crippen LogP contribution >= 0.6 is 22.7 Å². The van der Waals surface area contributed by atoms with E-state index in [1.165, 1.54) is 28.7 Å². The molecule has 0 amide bonds. The third-order valence-corrected chi connectivity index (χ3v) is 9.30. The third kappa shape index (κ3) is 9.02. The van der Waals surface area contributed by atoms with Crippen molar-refractivity contribution < 1.29 is 19.0 Å². The van der Waals surface area contributed by atoms with Gasteiger partial charge in [0, 0.05) is 17.0 Å². The molecular weight excluding hydrogens is 652 g/mol. The Kier molecular flexibility index (Phi) is 12.2. The van der Waals surface area contributed by atoms with Crippen molar-refractivity contribution in [3.05, 3.63) is 76.0 Å². The van der Waals surface area contributed by atoms with Gasteiger partial charge in [-0.05, 0) is 88.2 Å². The molecule has 0 bridgehead atoms. The van der Waals surface area contributed by atoms with Gasteiger partial charge in [-0.3, -0.25) is 0 Å². The van der Waals surface area contributed by atoms with Crippen molar-refractivity contribution >= 4 is 60.8 Å². The SMILES string of the molecule is CNCC#Cc1ccc(OCCCc2sc(N(CCCCCN)c3cc(C)c(Nc4nc5ccccc5s4)nn3)nc2C(=O)O)c(F)c1. The molecule has 0 saturated carbocycles. The highest BCUT2D eigenvalue weighted by molar-refractivity contribution is 7.22. The van der Waals surface area contributed by atoms with Gasteiger partial charge < -0.3 is 31.1 Å². The van der Waals surface area contributed by atoms with Gasteiger partial charge in [0.2, 0.25) is 0 Å². The summed E-state index contributed by atoms with van der Waals surface area (Å²) in [6.07, 6.45) is 3.44. The van der Waals surface area contributed by atoms with E-state index in [9.17, 15) is 14.3 Å². The lowest BCUT2D eigenvalue weighted by Crippen LogP contribution is -2.21. The van der Waals surface area contributed by atoms with E-state index < -0.39 is 11.8 Å². The van der Waals surface area contributed by atoms with Crippen LogP contribution < -0.4 is 26.0 Å². The number of thiazole rings is 2. The molecule has 2 aromatic carbocycles. The number of anilines is 4. The normalized spacial score (nSPS) is 10.9. The van der Waals surface area contributed by atoms with Gasteiger partial charge in [0.25, 0.3) is 0 Å². The number of carboxylic acid groups (broad SMARTS) is 1. The lowest BCUT2D eigenvalue weighted by Gasteiger charge is -2.21. The second kappa shape index (κ2) is 16.9. The highest BCUT2D eigenvalue weighted by Gasteiger charge is 2.23. The molecule has 3 heterocycles. The van der Waals surface area contributed by atoms with Gasteiger partial charge >= 0.3 is 5.97 Å². The summed E-state index contributed by atoms with van der Waals surface area (Å²) in [4.78, 5) is 23.9. The predicted octanol–water partition coefficient (Wildman–Crippen LogP) is 6.28. The zero-order valence-electron chi connectivity index (χ0n) is 26.8. The Morgan fingerprint density at radius 2 is 1.94 bits per heavy atom. The maximum atomic E-state index is 14.6. The minimum absolute atomic E-state index is 0.0172. The molecule has 250 valence electrons. The molecule has 0 spiro atoms. The molecule has 0 aliphatic rings. The molecule has 5 N–H and O–H groups in total. The van der Waals surface area contributed by atoms with Crippen LogP contribution in [0.3, 0.4) is 0 Å². The fourth-order valence-corrected chi connectivity index (χ4v) is 6.78. The molecule has 5 aromatic rings. The second-order valence-corrected chi connectivity index (χ2v) is 12.9. The van der Waals surface area contributed by atoms with Crippen molar-refractivity contribution in [3.8, 4) is 17.6 Å². The van der Waals surface area contributed by atoms with Crippen LogP contribution in [0.25, 0.3) is 10.2 Å². The van der Waals surface area contributed by atoms with Crippen molar-refractivity contribution in [1.82, 2.24) is 25.5 Å². The molecule has 3 aromatic heterocycles. The fraction of sp³-hybridized carbons (Fsp3) is 0.324. The van der Waals surface area contributed by atoms with Gasteiger partial charge in [-0.1, -0.05) is 41.7 Å². The molecule has 14 heteroatoms. The molecule has 0 aliphatic carbocycles. The van der Waals surface area contributed by atoms with Crippen molar-refractivity contribution in [2.45, 2.75) is 39.0 Å². The number of halogens is 1. The first-order valence-electron chi connectivity index (χ1n) is 15.6. The number of aryl methyl sites for hydroxylation is 2. The van der Waals surface area contributed by atoms with Crippen LogP contribution in [0.5, 0.6) is 5.75 Å². The summed E-state index contributed by atoms with van der Waals surface area (Å²) in [7, 11) is 1.79. The van der Waals surface area contributed by atoms with Crippen LogP contribution in [0.2, 0.25) is 0 Å². The number of aromatic nitrogens is 4. The first-order chi connectivity index (χ1) is 23.4. The molecule has 0 saturated heterocycles. The monoisotopic (exact) mass is 688 g/mol. The maximum absolute atomic E-state index is 14.6. The van der Waals surface area contributed by atoms with E-state index in [1.54, 1.807) is 19.2 Å². The number of nitrogens with one attached hydrogen (secondary N) is 2. The number of aromatic carboxylic acids is 1. The summed E-state index contributed by atoms with van der Waals surface area (Å²) in [6, 6.07) is 14.4. The summed E-state index contributed by atoms with van der Waals surface area (Å²) in [6.45, 7) is 3.79. The number of unbranched alkanes of at least 4 members (excludes halogenated alkanes) is 2. The number of fused-ring (bicyclic) bond motifs is 1. The average Bonchev–Trinajstić information content (AvgIpc) is 3.69. The van der Waals surface area contributed by atoms with Gasteiger partial charge in [0.15, 0.2) is 39.2 Å². The molecule has 0 atom stereocenters. The topological polar surface area (TPSA) is 151 Å². The Morgan fingerprint density at radius 3 is 2.69 bits per heavy atom. The number of para-hydroxylation sites is 1. The standard InChI is InChI=1S/C34H37FN8O3S2/c1-22-20-29(41-42-31(22)40-33-38-25-11-4-5-12-27(25)47-33)43(18-7-3-6-16-36)34-39-30(32(44)45)28(48-34)13-9-19-46-26-15-14-23(21-24(26)35)10-8-17-37-2/h4-5,11-12,14-15,20-21,37H,3,6-7,9,13,16-19,36H2,1-2H3,(H,44,45)(H,38,40,42). The lowest BCUT2D eigenvalue weighted by molar-refractivity contribution is 0.0690. The predicted molar refractivity (Wildman–Crippen MR) is 190 cm³/mol. The largest absolute Gasteiger partial charge is 0.491 e. The number of hydrogen-bond donors (Lipinski definition) is 4. The molecule has 0 unspecified atom stereocenters. The highest BCUT2D eigenvalue weighted by atomic mass is 32.1. The van der Waals surface area contributed by atoms with E-state index in [0.717, 1.165) is 35.0 Å². The number of nitrogens with zero attached hydrogens (tertiary/aromatic N) is 5. The number of ether oxygens (including phenoxy) is 1. The van der Waals surface area contributed by atoms with Crippen LogP contribution in [0.4, 0.5) is 26.3 Å². The Bertz CT molecular complexity index is 1890. The Labute approximate surface area is 286 Å². The summed E-state index contributed by atoms with van der Waals surface area (Å²) >= 11 is 2.83. The molecule has 48 heavy (non-hydrogen) atoms. The second-order valence-electron chi connectivity index (χ2n) is 10.8. The highest BCUT2D eigenvalue weighted by Crippen LogP contribution is 2.34. The smallest absolute Gasteiger partial charge is 0.355 e. The minimum Gasteiger partial charge on any atom is -0.491 e. The third-order valence-electron chi connectivity index (χ3n) is 7.21. The number of hydrogen-bond acceptors (Lipinski definition) is 12. The molecule has 0 radical (unpaired) electrons. The number of carbonyl (C=O) groups is 1. The van der Waals surface area contributed by atoms with E-state index >= 15 is 0 Å². The van der Waals surface area contributed by atoms with Crippen molar-refractivity contribution in [3.63, 3.8) is 0 Å². The van der Waals surface area contributed by atoms with Crippen LogP contribution in [0.15, 0.2) is 48.5 Å². The van der Waals surface area contributed by atoms with Gasteiger partial charge in [-0.25, -0.2) is 19.2 Å². The molecule has 0 aliphatic heterocycles. The van der Waals surface area contributed by atoms with Crippen molar-refractivity contribution in [2.24, 2.45) is 5.73 Å². The van der Waals surface area contributed by atoms with E-state index in [0.29, 0.717) is 64.8 Å². The van der Waals surface area contributed by atoms with Gasteiger partial charge in [-0.2, -0.15) is 0 Å². The Morgan fingerprint density at radius 1 is 1.08 bits per heavy atom. The first kappa shape index (κ1) is 34.6. The minimum atomic E-state index is -1.12. The number of rotatable bonds is 16. The maximum Gasteiger partial charge on any atom is 0.355 e. The summed E-state index contributed by atoms with van der Waals surface area (Å²) in [5.41, 5.74) is 8.02. The van der Waals surface area contributed by atoms with Crippen LogP contribution in [0, 0.1) is 24.6 Å².